The summed E-state index contributed by atoms with van der Waals surface area (Å²) in [5.74, 6) is -1.53. The number of halogens is 3. The van der Waals surface area contributed by atoms with E-state index in [-0.39, 0.29) is 49.7 Å². The van der Waals surface area contributed by atoms with E-state index in [1.54, 1.807) is 0 Å². The first kappa shape index (κ1) is 16.3. The molecule has 21 heavy (non-hydrogen) atoms. The Morgan fingerprint density at radius 1 is 0.667 bits per heavy atom. The van der Waals surface area contributed by atoms with Crippen molar-refractivity contribution in [1.29, 1.82) is 0 Å². The van der Waals surface area contributed by atoms with E-state index < -0.39 is 0 Å². The highest BCUT2D eigenvalue weighted by atomic mass is 79.9. The van der Waals surface area contributed by atoms with Gasteiger partial charge in [-0.2, -0.15) is 0 Å². The lowest BCUT2D eigenvalue weighted by Crippen LogP contribution is -1.94. The van der Waals surface area contributed by atoms with Crippen LogP contribution in [-0.4, -0.2) is 25.5 Å². The number of hydrogen-bond acceptors (Lipinski definition) is 5. The molecule has 2 aromatic rings. The minimum atomic E-state index is -0.336. The normalized spacial score (nSPS) is 10.8. The quantitative estimate of drug-likeness (QED) is 0.413. The molecule has 0 fully saturated rings. The van der Waals surface area contributed by atoms with Crippen molar-refractivity contribution in [3.8, 4) is 28.7 Å². The molecule has 0 aliphatic rings. The molecule has 0 saturated carbocycles. The van der Waals surface area contributed by atoms with Crippen molar-refractivity contribution in [2.24, 2.45) is 0 Å². The summed E-state index contributed by atoms with van der Waals surface area (Å²) < 4.78 is 0.795. The van der Waals surface area contributed by atoms with Crippen LogP contribution in [0.3, 0.4) is 0 Å². The lowest BCUT2D eigenvalue weighted by Gasteiger charge is -2.13. The lowest BCUT2D eigenvalue weighted by atomic mass is 10.0. The van der Waals surface area contributed by atoms with E-state index in [0.29, 0.717) is 10.0 Å². The molecule has 0 radical (unpaired) electrons. The molecule has 0 saturated heterocycles. The summed E-state index contributed by atoms with van der Waals surface area (Å²) in [7, 11) is 0. The van der Waals surface area contributed by atoms with Crippen LogP contribution in [0.15, 0.2) is 25.6 Å². The Morgan fingerprint density at radius 3 is 1.90 bits per heavy atom. The van der Waals surface area contributed by atoms with Gasteiger partial charge in [-0.25, -0.2) is 0 Å². The van der Waals surface area contributed by atoms with Crippen LogP contribution in [-0.2, 0) is 6.42 Å². The predicted octanol–water partition coefficient (Wildman–Crippen LogP) is 4.09. The third-order valence-electron chi connectivity index (χ3n) is 2.90. The molecule has 112 valence electrons. The van der Waals surface area contributed by atoms with E-state index in [1.165, 1.54) is 6.07 Å². The SMILES string of the molecule is Oc1cc(Cc2c(O)cc(O)c(Br)c2O)c(Br)c(Br)c1O. The van der Waals surface area contributed by atoms with Gasteiger partial charge in [-0.15, -0.1) is 0 Å². The van der Waals surface area contributed by atoms with Gasteiger partial charge in [0.25, 0.3) is 0 Å². The van der Waals surface area contributed by atoms with Crippen LogP contribution in [0.2, 0.25) is 0 Å². The monoisotopic (exact) mass is 482 g/mol. The van der Waals surface area contributed by atoms with Crippen molar-refractivity contribution in [2.75, 3.05) is 0 Å². The first-order valence-electron chi connectivity index (χ1n) is 5.55. The second kappa shape index (κ2) is 5.94. The molecule has 5 nitrogen and oxygen atoms in total. The molecule has 2 aromatic carbocycles. The van der Waals surface area contributed by atoms with Gasteiger partial charge in [0.1, 0.15) is 21.7 Å². The highest BCUT2D eigenvalue weighted by Crippen LogP contribution is 2.45. The molecule has 0 aliphatic heterocycles. The van der Waals surface area contributed by atoms with Crippen molar-refractivity contribution >= 4 is 47.8 Å². The predicted molar refractivity (Wildman–Crippen MR) is 87.1 cm³/mol. The summed E-state index contributed by atoms with van der Waals surface area (Å²) in [6.07, 6.45) is 0.0591. The standard InChI is InChI=1S/C13H9Br3O5/c14-9-4(2-8(19)13(21)11(9)16)1-5-6(17)3-7(18)10(15)12(5)20/h2-3,17-21H,1H2. The van der Waals surface area contributed by atoms with E-state index in [0.717, 1.165) is 6.07 Å². The molecule has 0 atom stereocenters. The van der Waals surface area contributed by atoms with Crippen molar-refractivity contribution in [2.45, 2.75) is 6.42 Å². The third-order valence-corrected chi connectivity index (χ3v) is 5.90. The molecule has 0 bridgehead atoms. The van der Waals surface area contributed by atoms with E-state index in [1.807, 2.05) is 0 Å². The van der Waals surface area contributed by atoms with Crippen molar-refractivity contribution in [1.82, 2.24) is 0 Å². The second-order valence-corrected chi connectivity index (χ2v) is 6.64. The van der Waals surface area contributed by atoms with Crippen LogP contribution in [0, 0.1) is 0 Å². The Morgan fingerprint density at radius 2 is 1.29 bits per heavy atom. The largest absolute Gasteiger partial charge is 0.507 e. The Labute approximate surface area is 144 Å². The fourth-order valence-electron chi connectivity index (χ4n) is 1.80. The number of benzene rings is 2. The number of rotatable bonds is 2. The van der Waals surface area contributed by atoms with E-state index in [2.05, 4.69) is 47.8 Å². The topological polar surface area (TPSA) is 101 Å². The Hall–Kier alpha value is -1.12. The van der Waals surface area contributed by atoms with E-state index in [4.69, 9.17) is 0 Å². The molecule has 5 N–H and O–H groups in total. The number of phenols is 5. The fraction of sp³-hybridized carbons (Fsp3) is 0.0769. The molecular weight excluding hydrogens is 476 g/mol. The molecule has 2 rings (SSSR count). The zero-order valence-electron chi connectivity index (χ0n) is 10.2. The van der Waals surface area contributed by atoms with E-state index in [9.17, 15) is 25.5 Å². The van der Waals surface area contributed by atoms with Crippen molar-refractivity contribution in [3.63, 3.8) is 0 Å². The summed E-state index contributed by atoms with van der Waals surface area (Å²) in [4.78, 5) is 0. The smallest absolute Gasteiger partial charge is 0.173 e. The first-order chi connectivity index (χ1) is 9.73. The van der Waals surface area contributed by atoms with Crippen LogP contribution >= 0.6 is 47.8 Å². The van der Waals surface area contributed by atoms with Gasteiger partial charge in [-0.3, -0.25) is 0 Å². The van der Waals surface area contributed by atoms with Gasteiger partial charge in [0.05, 0.1) is 4.47 Å². The van der Waals surface area contributed by atoms with Gasteiger partial charge in [-0.1, -0.05) is 0 Å². The van der Waals surface area contributed by atoms with Crippen molar-refractivity contribution < 1.29 is 25.5 Å². The average molecular weight is 485 g/mol. The molecular formula is C13H9Br3O5. The van der Waals surface area contributed by atoms with Gasteiger partial charge < -0.3 is 25.5 Å². The summed E-state index contributed by atoms with van der Waals surface area (Å²) in [6, 6.07) is 2.41. The highest BCUT2D eigenvalue weighted by molar-refractivity contribution is 9.13. The highest BCUT2D eigenvalue weighted by Gasteiger charge is 2.19. The number of aromatic hydroxyl groups is 5. The van der Waals surface area contributed by atoms with Crippen LogP contribution in [0.25, 0.3) is 0 Å². The summed E-state index contributed by atoms with van der Waals surface area (Å²) in [6.45, 7) is 0. The van der Waals surface area contributed by atoms with Gasteiger partial charge in [0.15, 0.2) is 11.5 Å². The van der Waals surface area contributed by atoms with E-state index >= 15 is 0 Å². The molecule has 0 spiro atoms. The minimum Gasteiger partial charge on any atom is -0.507 e. The average Bonchev–Trinajstić information content (AvgIpc) is 2.44. The zero-order chi connectivity index (χ0) is 15.9. The molecule has 0 heterocycles. The summed E-state index contributed by atoms with van der Waals surface area (Å²) in [5.41, 5.74) is 0.678. The molecule has 0 aliphatic carbocycles. The molecule has 0 amide bonds. The van der Waals surface area contributed by atoms with Gasteiger partial charge in [-0.05, 0) is 59.4 Å². The first-order valence-corrected chi connectivity index (χ1v) is 7.93. The maximum absolute atomic E-state index is 10.00. The second-order valence-electron chi connectivity index (χ2n) is 4.26. The summed E-state index contributed by atoms with van der Waals surface area (Å²) >= 11 is 9.40. The summed E-state index contributed by atoms with van der Waals surface area (Å²) in [5, 5.41) is 48.6. The van der Waals surface area contributed by atoms with Crippen LogP contribution in [0.5, 0.6) is 28.7 Å². The fourth-order valence-corrected chi connectivity index (χ4v) is 3.06. The lowest BCUT2D eigenvalue weighted by molar-refractivity contribution is 0.400. The van der Waals surface area contributed by atoms with Crippen LogP contribution in [0.4, 0.5) is 0 Å². The molecule has 0 unspecified atom stereocenters. The van der Waals surface area contributed by atoms with Gasteiger partial charge in [0, 0.05) is 22.5 Å². The minimum absolute atomic E-state index is 0.0591. The Balaban J connectivity index is 2.56. The number of phenolic OH excluding ortho intramolecular Hbond substituents is 5. The van der Waals surface area contributed by atoms with Gasteiger partial charge >= 0.3 is 0 Å². The molecule has 8 heteroatoms. The number of hydrogen-bond donors (Lipinski definition) is 5. The van der Waals surface area contributed by atoms with Crippen molar-refractivity contribution in [3.05, 3.63) is 36.7 Å². The Bertz CT molecular complexity index is 731. The molecule has 0 aromatic heterocycles. The zero-order valence-corrected chi connectivity index (χ0v) is 15.0. The maximum atomic E-state index is 10.00. The maximum Gasteiger partial charge on any atom is 0.173 e. The van der Waals surface area contributed by atoms with Crippen LogP contribution in [0.1, 0.15) is 11.1 Å². The van der Waals surface area contributed by atoms with Crippen LogP contribution < -0.4 is 0 Å². The third kappa shape index (κ3) is 2.93. The van der Waals surface area contributed by atoms with Gasteiger partial charge in [0.2, 0.25) is 0 Å². The Kier molecular flexibility index (Phi) is 4.60.